The number of allylic oxidation sites excluding steroid dienone is 1. The van der Waals surface area contributed by atoms with Crippen molar-refractivity contribution < 1.29 is 8.42 Å². The maximum atomic E-state index is 12.8. The van der Waals surface area contributed by atoms with Gasteiger partial charge < -0.3 is 4.57 Å². The molecule has 4 rings (SSSR count). The Hall–Kier alpha value is -2.70. The lowest BCUT2D eigenvalue weighted by atomic mass is 9.98. The lowest BCUT2D eigenvalue weighted by Crippen LogP contribution is -2.28. The Kier molecular flexibility index (Phi) is 4.68. The van der Waals surface area contributed by atoms with Gasteiger partial charge in [-0.25, -0.2) is 18.1 Å². The third-order valence-electron chi connectivity index (χ3n) is 4.89. The van der Waals surface area contributed by atoms with Crippen LogP contribution in [0.15, 0.2) is 72.2 Å². The van der Waals surface area contributed by atoms with Gasteiger partial charge in [0.2, 0.25) is 10.0 Å². The van der Waals surface area contributed by atoms with Crippen molar-refractivity contribution in [3.63, 3.8) is 0 Å². The van der Waals surface area contributed by atoms with Crippen LogP contribution in [0.4, 0.5) is 0 Å². The molecule has 0 spiro atoms. The molecule has 1 atom stereocenters. The Morgan fingerprint density at radius 2 is 1.85 bits per heavy atom. The largest absolute Gasteiger partial charge is 0.306 e. The van der Waals surface area contributed by atoms with Crippen LogP contribution in [0.3, 0.4) is 0 Å². The van der Waals surface area contributed by atoms with Gasteiger partial charge in [0.25, 0.3) is 0 Å². The molecule has 3 aromatic rings. The summed E-state index contributed by atoms with van der Waals surface area (Å²) in [5.41, 5.74) is 4.08. The zero-order valence-electron chi connectivity index (χ0n) is 15.0. The second-order valence-corrected chi connectivity index (χ2v) is 8.48. The van der Waals surface area contributed by atoms with Crippen LogP contribution in [0, 0.1) is 0 Å². The number of aryl methyl sites for hydroxylation is 1. The molecule has 1 heterocycles. The standard InChI is InChI=1S/C21H21N3O2S/c1-16(17-6-9-20(10-7-17)24-13-12-22-15-24)23-27(25,26)21-11-8-18-4-2-3-5-19(18)14-21/h2-7,9-10,12-16,23H,8,11H2,1H3/t16-/m0/s1. The van der Waals surface area contributed by atoms with E-state index in [0.29, 0.717) is 11.3 Å². The van der Waals surface area contributed by atoms with Gasteiger partial charge in [-0.15, -0.1) is 0 Å². The number of hydrogen-bond acceptors (Lipinski definition) is 3. The van der Waals surface area contributed by atoms with Crippen molar-refractivity contribution in [2.75, 3.05) is 0 Å². The highest BCUT2D eigenvalue weighted by molar-refractivity contribution is 7.93. The third-order valence-corrected chi connectivity index (χ3v) is 6.56. The molecular weight excluding hydrogens is 358 g/mol. The zero-order chi connectivity index (χ0) is 18.9. The minimum Gasteiger partial charge on any atom is -0.306 e. The number of hydrogen-bond donors (Lipinski definition) is 1. The molecule has 6 heteroatoms. The Balaban J connectivity index is 1.52. The van der Waals surface area contributed by atoms with Crippen molar-refractivity contribution in [2.45, 2.75) is 25.8 Å². The monoisotopic (exact) mass is 379 g/mol. The number of nitrogens with zero attached hydrogens (tertiary/aromatic N) is 2. The number of imidazole rings is 1. The van der Waals surface area contributed by atoms with E-state index in [1.54, 1.807) is 18.6 Å². The van der Waals surface area contributed by atoms with Crippen LogP contribution in [0.1, 0.15) is 36.1 Å². The van der Waals surface area contributed by atoms with E-state index in [1.807, 2.05) is 66.2 Å². The molecule has 0 fully saturated rings. The van der Waals surface area contributed by atoms with Crippen molar-refractivity contribution in [1.82, 2.24) is 14.3 Å². The van der Waals surface area contributed by atoms with Crippen molar-refractivity contribution in [1.29, 1.82) is 0 Å². The minimum absolute atomic E-state index is 0.315. The minimum atomic E-state index is -3.53. The molecule has 1 N–H and O–H groups in total. The number of aromatic nitrogens is 2. The van der Waals surface area contributed by atoms with Gasteiger partial charge in [-0.1, -0.05) is 36.4 Å². The van der Waals surface area contributed by atoms with Gasteiger partial charge in [-0.3, -0.25) is 0 Å². The molecule has 0 saturated heterocycles. The molecular formula is C21H21N3O2S. The van der Waals surface area contributed by atoms with Gasteiger partial charge >= 0.3 is 0 Å². The fourth-order valence-corrected chi connectivity index (χ4v) is 4.75. The summed E-state index contributed by atoms with van der Waals surface area (Å²) in [7, 11) is -3.53. The van der Waals surface area contributed by atoms with Gasteiger partial charge in [0, 0.05) is 24.1 Å². The van der Waals surface area contributed by atoms with E-state index in [0.717, 1.165) is 23.2 Å². The third kappa shape index (κ3) is 3.72. The first-order valence-electron chi connectivity index (χ1n) is 8.92. The summed E-state index contributed by atoms with van der Waals surface area (Å²) in [4.78, 5) is 4.48. The van der Waals surface area contributed by atoms with E-state index < -0.39 is 10.0 Å². The molecule has 1 aliphatic carbocycles. The van der Waals surface area contributed by atoms with Crippen LogP contribution < -0.4 is 4.72 Å². The average Bonchev–Trinajstić information content (AvgIpc) is 3.22. The molecule has 0 aliphatic heterocycles. The van der Waals surface area contributed by atoms with Gasteiger partial charge in [0.05, 0.1) is 11.2 Å². The molecule has 1 aromatic heterocycles. The Labute approximate surface area is 159 Å². The van der Waals surface area contributed by atoms with Crippen LogP contribution in [-0.2, 0) is 16.4 Å². The Bertz CT molecular complexity index is 1070. The molecule has 0 radical (unpaired) electrons. The number of nitrogens with one attached hydrogen (secondary N) is 1. The highest BCUT2D eigenvalue weighted by atomic mass is 32.2. The predicted octanol–water partition coefficient (Wildman–Crippen LogP) is 3.84. The van der Waals surface area contributed by atoms with Crippen molar-refractivity contribution in [3.05, 3.63) is 88.8 Å². The molecule has 0 amide bonds. The number of sulfonamides is 1. The fourth-order valence-electron chi connectivity index (χ4n) is 3.34. The Morgan fingerprint density at radius 1 is 1.07 bits per heavy atom. The van der Waals surface area contributed by atoms with Gasteiger partial charge in [-0.2, -0.15) is 0 Å². The van der Waals surface area contributed by atoms with Crippen molar-refractivity contribution in [2.24, 2.45) is 0 Å². The summed E-state index contributed by atoms with van der Waals surface area (Å²) in [6.45, 7) is 1.86. The number of benzene rings is 2. The zero-order valence-corrected chi connectivity index (χ0v) is 15.9. The van der Waals surface area contributed by atoms with E-state index in [4.69, 9.17) is 0 Å². The normalized spacial score (nSPS) is 15.1. The predicted molar refractivity (Wildman–Crippen MR) is 107 cm³/mol. The lowest BCUT2D eigenvalue weighted by Gasteiger charge is -2.20. The molecule has 0 bridgehead atoms. The maximum absolute atomic E-state index is 12.8. The van der Waals surface area contributed by atoms with Gasteiger partial charge in [0.15, 0.2) is 0 Å². The molecule has 0 unspecified atom stereocenters. The SMILES string of the molecule is C[C@H](NS(=O)(=O)C1=Cc2ccccc2CC1)c1ccc(-n2ccnc2)cc1. The smallest absolute Gasteiger partial charge is 0.237 e. The molecule has 2 aromatic carbocycles. The second kappa shape index (κ2) is 7.13. The van der Waals surface area contributed by atoms with Crippen LogP contribution in [-0.4, -0.2) is 18.0 Å². The number of fused-ring (bicyclic) bond motifs is 1. The molecule has 138 valence electrons. The summed E-state index contributed by atoms with van der Waals surface area (Å²) in [5.74, 6) is 0. The van der Waals surface area contributed by atoms with E-state index in [2.05, 4.69) is 9.71 Å². The summed E-state index contributed by atoms with van der Waals surface area (Å²) >= 11 is 0. The highest BCUT2D eigenvalue weighted by Gasteiger charge is 2.23. The molecule has 27 heavy (non-hydrogen) atoms. The molecule has 0 saturated carbocycles. The van der Waals surface area contributed by atoms with E-state index in [-0.39, 0.29) is 6.04 Å². The summed E-state index contributed by atoms with van der Waals surface area (Å²) in [5, 5.41) is 0. The van der Waals surface area contributed by atoms with E-state index in [1.165, 1.54) is 5.56 Å². The van der Waals surface area contributed by atoms with Crippen LogP contribution in [0.25, 0.3) is 11.8 Å². The second-order valence-electron chi connectivity index (χ2n) is 6.71. The lowest BCUT2D eigenvalue weighted by molar-refractivity contribution is 0.571. The van der Waals surface area contributed by atoms with Crippen LogP contribution >= 0.6 is 0 Å². The summed E-state index contributed by atoms with van der Waals surface area (Å²) < 4.78 is 30.4. The van der Waals surface area contributed by atoms with Crippen LogP contribution in [0.5, 0.6) is 0 Å². The van der Waals surface area contributed by atoms with Gasteiger partial charge in [0.1, 0.15) is 0 Å². The van der Waals surface area contributed by atoms with Crippen molar-refractivity contribution >= 4 is 16.1 Å². The first kappa shape index (κ1) is 17.7. The number of rotatable bonds is 5. The molecule has 1 aliphatic rings. The molecule has 5 nitrogen and oxygen atoms in total. The topological polar surface area (TPSA) is 64.0 Å². The summed E-state index contributed by atoms with van der Waals surface area (Å²) in [6, 6.07) is 15.4. The Morgan fingerprint density at radius 3 is 2.59 bits per heavy atom. The van der Waals surface area contributed by atoms with Crippen molar-refractivity contribution in [3.8, 4) is 5.69 Å². The van der Waals surface area contributed by atoms with Gasteiger partial charge in [-0.05, 0) is 54.7 Å². The maximum Gasteiger partial charge on any atom is 0.237 e. The summed E-state index contributed by atoms with van der Waals surface area (Å²) in [6.07, 6.45) is 8.38. The quantitative estimate of drug-likeness (QED) is 0.733. The first-order valence-corrected chi connectivity index (χ1v) is 10.4. The average molecular weight is 379 g/mol. The van der Waals surface area contributed by atoms with Crippen LogP contribution in [0.2, 0.25) is 0 Å². The van der Waals surface area contributed by atoms with E-state index in [9.17, 15) is 8.42 Å². The van der Waals surface area contributed by atoms with E-state index >= 15 is 0 Å². The fraction of sp³-hybridized carbons (Fsp3) is 0.190. The first-order chi connectivity index (χ1) is 13.0. The highest BCUT2D eigenvalue weighted by Crippen LogP contribution is 2.28.